The summed E-state index contributed by atoms with van der Waals surface area (Å²) in [6, 6.07) is 1.87. The van der Waals surface area contributed by atoms with Crippen molar-refractivity contribution in [2.75, 3.05) is 13.1 Å². The Hall–Kier alpha value is -0.580. The van der Waals surface area contributed by atoms with Crippen LogP contribution in [0, 0.1) is 0 Å². The molecule has 0 aliphatic carbocycles. The van der Waals surface area contributed by atoms with Gasteiger partial charge in [-0.05, 0) is 17.9 Å². The van der Waals surface area contributed by atoms with Gasteiger partial charge in [0.05, 0.1) is 5.02 Å². The maximum absolute atomic E-state index is 11.9. The summed E-state index contributed by atoms with van der Waals surface area (Å²) in [6.45, 7) is 1.39. The third-order valence-corrected chi connectivity index (χ3v) is 3.65. The van der Waals surface area contributed by atoms with Crippen molar-refractivity contribution in [3.63, 3.8) is 0 Å². The summed E-state index contributed by atoms with van der Waals surface area (Å²) in [6.07, 6.45) is 0.884. The molecular weight excluding hydrogens is 220 g/mol. The van der Waals surface area contributed by atoms with Gasteiger partial charge < -0.3 is 10.6 Å². The maximum atomic E-state index is 11.9. The Balaban J connectivity index is 2.13. The van der Waals surface area contributed by atoms with Gasteiger partial charge in [-0.1, -0.05) is 11.6 Å². The molecule has 0 aromatic carbocycles. The smallest absolute Gasteiger partial charge is 0.265 e. The van der Waals surface area contributed by atoms with Crippen molar-refractivity contribution in [1.82, 2.24) is 4.90 Å². The lowest BCUT2D eigenvalue weighted by Crippen LogP contribution is -2.31. The van der Waals surface area contributed by atoms with Crippen LogP contribution in [-0.2, 0) is 0 Å². The van der Waals surface area contributed by atoms with Gasteiger partial charge in [0.25, 0.3) is 5.91 Å². The Morgan fingerprint density at radius 3 is 3.00 bits per heavy atom. The lowest BCUT2D eigenvalue weighted by molar-refractivity contribution is 0.0796. The average molecular weight is 231 g/mol. The molecule has 1 saturated heterocycles. The first kappa shape index (κ1) is 9.96. The summed E-state index contributed by atoms with van der Waals surface area (Å²) in [7, 11) is 0. The first-order valence-corrected chi connectivity index (χ1v) is 5.72. The highest BCUT2D eigenvalue weighted by molar-refractivity contribution is 7.12. The topological polar surface area (TPSA) is 46.3 Å². The number of likely N-dealkylation sites (tertiary alicyclic amines) is 1. The van der Waals surface area contributed by atoms with Crippen molar-refractivity contribution in [3.05, 3.63) is 21.3 Å². The van der Waals surface area contributed by atoms with Gasteiger partial charge in [-0.3, -0.25) is 4.79 Å². The van der Waals surface area contributed by atoms with Crippen molar-refractivity contribution >= 4 is 28.8 Å². The summed E-state index contributed by atoms with van der Waals surface area (Å²) in [5.41, 5.74) is 5.73. The third kappa shape index (κ3) is 1.78. The van der Waals surface area contributed by atoms with E-state index in [4.69, 9.17) is 17.3 Å². The van der Waals surface area contributed by atoms with Gasteiger partial charge in [0.15, 0.2) is 0 Å². The first-order chi connectivity index (χ1) is 6.68. The molecule has 2 rings (SSSR count). The number of carbonyl (C=O) groups is 1. The molecule has 1 aromatic rings. The highest BCUT2D eigenvalue weighted by Gasteiger charge is 2.26. The van der Waals surface area contributed by atoms with Gasteiger partial charge in [-0.2, -0.15) is 0 Å². The molecule has 3 nitrogen and oxygen atoms in total. The van der Waals surface area contributed by atoms with Gasteiger partial charge >= 0.3 is 0 Å². The minimum absolute atomic E-state index is 0.0120. The van der Waals surface area contributed by atoms with E-state index in [-0.39, 0.29) is 11.9 Å². The van der Waals surface area contributed by atoms with Crippen molar-refractivity contribution in [2.45, 2.75) is 12.5 Å². The van der Waals surface area contributed by atoms with Gasteiger partial charge in [0.1, 0.15) is 4.88 Å². The number of amides is 1. The quantitative estimate of drug-likeness (QED) is 0.796. The number of nitrogens with two attached hydrogens (primary N) is 1. The number of hydrogen-bond donors (Lipinski definition) is 1. The predicted molar refractivity (Wildman–Crippen MR) is 57.8 cm³/mol. The molecule has 2 N–H and O–H groups in total. The third-order valence-electron chi connectivity index (χ3n) is 2.32. The van der Waals surface area contributed by atoms with E-state index in [1.807, 2.05) is 5.38 Å². The summed E-state index contributed by atoms with van der Waals surface area (Å²) in [5, 5.41) is 2.37. The normalized spacial score (nSPS) is 21.6. The molecule has 0 bridgehead atoms. The first-order valence-electron chi connectivity index (χ1n) is 4.46. The number of carbonyl (C=O) groups excluding carboxylic acids is 1. The van der Waals surface area contributed by atoms with Crippen LogP contribution >= 0.6 is 22.9 Å². The molecule has 0 spiro atoms. The van der Waals surface area contributed by atoms with Crippen LogP contribution in [0.1, 0.15) is 16.1 Å². The molecule has 1 atom stereocenters. The van der Waals surface area contributed by atoms with E-state index in [0.29, 0.717) is 16.4 Å². The van der Waals surface area contributed by atoms with E-state index in [9.17, 15) is 4.79 Å². The van der Waals surface area contributed by atoms with E-state index in [1.54, 1.807) is 11.0 Å². The zero-order valence-corrected chi connectivity index (χ0v) is 9.14. The highest BCUT2D eigenvalue weighted by atomic mass is 35.5. The van der Waals surface area contributed by atoms with Gasteiger partial charge in [0.2, 0.25) is 0 Å². The van der Waals surface area contributed by atoms with Crippen molar-refractivity contribution in [1.29, 1.82) is 0 Å². The van der Waals surface area contributed by atoms with E-state index >= 15 is 0 Å². The van der Waals surface area contributed by atoms with E-state index < -0.39 is 0 Å². The molecule has 0 saturated carbocycles. The Morgan fingerprint density at radius 1 is 1.71 bits per heavy atom. The van der Waals surface area contributed by atoms with E-state index in [0.717, 1.165) is 13.0 Å². The van der Waals surface area contributed by atoms with Crippen LogP contribution in [0.15, 0.2) is 11.4 Å². The fourth-order valence-electron chi connectivity index (χ4n) is 1.56. The fraction of sp³-hybridized carbons (Fsp3) is 0.444. The molecule has 1 amide bonds. The molecule has 5 heteroatoms. The van der Waals surface area contributed by atoms with Crippen LogP contribution in [-0.4, -0.2) is 29.9 Å². The molecule has 0 unspecified atom stereocenters. The monoisotopic (exact) mass is 230 g/mol. The van der Waals surface area contributed by atoms with Gasteiger partial charge in [0, 0.05) is 19.1 Å². The Morgan fingerprint density at radius 2 is 2.50 bits per heavy atom. The number of hydrogen-bond acceptors (Lipinski definition) is 3. The molecule has 1 fully saturated rings. The molecule has 76 valence electrons. The summed E-state index contributed by atoms with van der Waals surface area (Å²) in [5.74, 6) is 0.0120. The number of halogens is 1. The standard InChI is InChI=1S/C9H11ClN2OS/c10-7-2-4-14-8(7)9(13)12-3-1-6(11)5-12/h2,4,6H,1,3,5,11H2/t6-/m1/s1. The van der Waals surface area contributed by atoms with E-state index in [1.165, 1.54) is 11.3 Å². The molecular formula is C9H11ClN2OS. The van der Waals surface area contributed by atoms with Gasteiger partial charge in [-0.25, -0.2) is 0 Å². The Bertz CT molecular complexity index is 352. The largest absolute Gasteiger partial charge is 0.336 e. The second-order valence-electron chi connectivity index (χ2n) is 3.40. The highest BCUT2D eigenvalue weighted by Crippen LogP contribution is 2.24. The molecule has 1 aliphatic rings. The molecule has 1 aliphatic heterocycles. The second kappa shape index (κ2) is 3.88. The zero-order valence-electron chi connectivity index (χ0n) is 7.57. The van der Waals surface area contributed by atoms with Crippen LogP contribution in [0.5, 0.6) is 0 Å². The number of nitrogens with zero attached hydrogens (tertiary/aromatic N) is 1. The van der Waals surface area contributed by atoms with E-state index in [2.05, 4.69) is 0 Å². The predicted octanol–water partition coefficient (Wildman–Crippen LogP) is 1.57. The molecule has 0 radical (unpaired) electrons. The van der Waals surface area contributed by atoms with Crippen LogP contribution in [0.3, 0.4) is 0 Å². The molecule has 2 heterocycles. The summed E-state index contributed by atoms with van der Waals surface area (Å²) < 4.78 is 0. The maximum Gasteiger partial charge on any atom is 0.265 e. The van der Waals surface area contributed by atoms with Crippen LogP contribution in [0.4, 0.5) is 0 Å². The molecule has 1 aromatic heterocycles. The minimum Gasteiger partial charge on any atom is -0.336 e. The SMILES string of the molecule is N[C@@H]1CCN(C(=O)c2sccc2Cl)C1. The second-order valence-corrected chi connectivity index (χ2v) is 4.72. The lowest BCUT2D eigenvalue weighted by atomic mass is 10.3. The van der Waals surface area contributed by atoms with Crippen LogP contribution in [0.2, 0.25) is 5.02 Å². The summed E-state index contributed by atoms with van der Waals surface area (Å²) in [4.78, 5) is 14.3. The minimum atomic E-state index is 0.0120. The Kier molecular flexibility index (Phi) is 2.76. The van der Waals surface area contributed by atoms with Crippen LogP contribution < -0.4 is 5.73 Å². The molecule has 14 heavy (non-hydrogen) atoms. The lowest BCUT2D eigenvalue weighted by Gasteiger charge is -2.14. The van der Waals surface area contributed by atoms with Crippen LogP contribution in [0.25, 0.3) is 0 Å². The fourth-order valence-corrected chi connectivity index (χ4v) is 2.66. The van der Waals surface area contributed by atoms with Crippen molar-refractivity contribution in [3.8, 4) is 0 Å². The van der Waals surface area contributed by atoms with Gasteiger partial charge in [-0.15, -0.1) is 11.3 Å². The zero-order chi connectivity index (χ0) is 10.1. The van der Waals surface area contributed by atoms with Crippen molar-refractivity contribution in [2.24, 2.45) is 5.73 Å². The number of thiophene rings is 1. The Labute approximate surface area is 91.5 Å². The average Bonchev–Trinajstić information content (AvgIpc) is 2.73. The number of rotatable bonds is 1. The summed E-state index contributed by atoms with van der Waals surface area (Å²) >= 11 is 7.26. The van der Waals surface area contributed by atoms with Crippen molar-refractivity contribution < 1.29 is 4.79 Å².